The van der Waals surface area contributed by atoms with E-state index >= 15 is 0 Å². The number of ketones is 1. The molecular formula is C32H36N2O7. The molecule has 1 aliphatic heterocycles. The largest absolute Gasteiger partial charge is 0.516 e. The van der Waals surface area contributed by atoms with Gasteiger partial charge in [-0.05, 0) is 62.4 Å². The molecule has 41 heavy (non-hydrogen) atoms. The molecule has 216 valence electrons. The van der Waals surface area contributed by atoms with E-state index in [2.05, 4.69) is 5.32 Å². The normalized spacial score (nSPS) is 15.3. The van der Waals surface area contributed by atoms with Gasteiger partial charge in [0.2, 0.25) is 6.79 Å². The highest BCUT2D eigenvalue weighted by Gasteiger charge is 2.45. The summed E-state index contributed by atoms with van der Waals surface area (Å²) in [7, 11) is 0. The van der Waals surface area contributed by atoms with Crippen LogP contribution in [0.3, 0.4) is 0 Å². The van der Waals surface area contributed by atoms with Crippen molar-refractivity contribution in [3.05, 3.63) is 95.6 Å². The molecule has 0 aromatic heterocycles. The average Bonchev–Trinajstić information content (AvgIpc) is 3.41. The van der Waals surface area contributed by atoms with Crippen molar-refractivity contribution in [3.8, 4) is 11.5 Å². The number of rotatable bonds is 10. The van der Waals surface area contributed by atoms with Gasteiger partial charge in [-0.2, -0.15) is 0 Å². The van der Waals surface area contributed by atoms with Crippen LogP contribution in [0.1, 0.15) is 56.8 Å². The first-order valence-electron chi connectivity index (χ1n) is 13.5. The maximum absolute atomic E-state index is 14.3. The van der Waals surface area contributed by atoms with Gasteiger partial charge in [0, 0.05) is 0 Å². The standard InChI is InChI=1S/C32H36N2O7/c1-5-32(23-14-10-7-11-15-23,28(35)24(33)18-21-16-17-25-26(19-21)39-20-38-25)34-27(22-12-8-6-9-13-22)29(36)40-30(37)41-31(2,3)4/h6-17,19,24,27,34H,5,18,20,33H2,1-4H3/t24-,27-,32?/m0/s1. The van der Waals surface area contributed by atoms with E-state index in [0.717, 1.165) is 5.56 Å². The fourth-order valence-electron chi connectivity index (χ4n) is 4.81. The Hall–Kier alpha value is -4.21. The smallest absolute Gasteiger partial charge is 0.454 e. The first-order chi connectivity index (χ1) is 19.5. The maximum Gasteiger partial charge on any atom is 0.516 e. The third-order valence-corrected chi connectivity index (χ3v) is 6.78. The summed E-state index contributed by atoms with van der Waals surface area (Å²) in [5.74, 6) is 0.00189. The number of nitrogens with one attached hydrogen (secondary N) is 1. The fraction of sp³-hybridized carbons (Fsp3) is 0.344. The number of benzene rings is 3. The van der Waals surface area contributed by atoms with Gasteiger partial charge < -0.3 is 24.7 Å². The summed E-state index contributed by atoms with van der Waals surface area (Å²) in [5.41, 5.74) is 6.26. The van der Waals surface area contributed by atoms with Gasteiger partial charge in [0.25, 0.3) is 0 Å². The lowest BCUT2D eigenvalue weighted by Gasteiger charge is -2.38. The number of nitrogens with two attached hydrogens (primary N) is 1. The highest BCUT2D eigenvalue weighted by molar-refractivity contribution is 5.95. The van der Waals surface area contributed by atoms with E-state index in [4.69, 9.17) is 24.7 Å². The Balaban J connectivity index is 1.69. The van der Waals surface area contributed by atoms with Gasteiger partial charge in [0.05, 0.1) is 6.04 Å². The molecule has 0 fully saturated rings. The molecule has 0 aliphatic carbocycles. The summed E-state index contributed by atoms with van der Waals surface area (Å²) >= 11 is 0. The van der Waals surface area contributed by atoms with E-state index in [1.807, 2.05) is 49.4 Å². The summed E-state index contributed by atoms with van der Waals surface area (Å²) in [6.45, 7) is 6.99. The average molecular weight is 561 g/mol. The molecule has 3 aromatic carbocycles. The number of ether oxygens (including phenoxy) is 4. The summed E-state index contributed by atoms with van der Waals surface area (Å²) in [4.78, 5) is 40.3. The predicted octanol–water partition coefficient (Wildman–Crippen LogP) is 4.97. The Morgan fingerprint density at radius 2 is 1.56 bits per heavy atom. The number of hydrogen-bond acceptors (Lipinski definition) is 9. The minimum absolute atomic E-state index is 0.140. The molecule has 0 radical (unpaired) electrons. The van der Waals surface area contributed by atoms with Gasteiger partial charge in [0.15, 0.2) is 17.3 Å². The highest BCUT2D eigenvalue weighted by Crippen LogP contribution is 2.35. The molecule has 0 saturated carbocycles. The van der Waals surface area contributed by atoms with Gasteiger partial charge in [-0.3, -0.25) is 10.1 Å². The topological polar surface area (TPSA) is 126 Å². The molecule has 9 nitrogen and oxygen atoms in total. The second kappa shape index (κ2) is 12.5. The van der Waals surface area contributed by atoms with Gasteiger partial charge in [0.1, 0.15) is 17.2 Å². The van der Waals surface area contributed by atoms with Crippen LogP contribution in [0.5, 0.6) is 11.5 Å². The van der Waals surface area contributed by atoms with Crippen molar-refractivity contribution in [1.82, 2.24) is 5.32 Å². The monoisotopic (exact) mass is 560 g/mol. The van der Waals surface area contributed by atoms with Crippen molar-refractivity contribution in [2.45, 2.75) is 63.8 Å². The van der Waals surface area contributed by atoms with Crippen molar-refractivity contribution >= 4 is 17.9 Å². The molecule has 9 heteroatoms. The Morgan fingerprint density at radius 3 is 2.20 bits per heavy atom. The number of hydrogen-bond donors (Lipinski definition) is 2. The Bertz CT molecular complexity index is 1370. The first-order valence-corrected chi connectivity index (χ1v) is 13.5. The first kappa shape index (κ1) is 29.8. The van der Waals surface area contributed by atoms with E-state index < -0.39 is 35.3 Å². The molecule has 0 bridgehead atoms. The summed E-state index contributed by atoms with van der Waals surface area (Å²) in [5, 5.41) is 3.27. The van der Waals surface area contributed by atoms with Crippen LogP contribution in [0.4, 0.5) is 4.79 Å². The molecule has 0 amide bonds. The van der Waals surface area contributed by atoms with Crippen molar-refractivity contribution in [1.29, 1.82) is 0 Å². The minimum Gasteiger partial charge on any atom is -0.454 e. The summed E-state index contributed by atoms with van der Waals surface area (Å²) < 4.78 is 21.2. The van der Waals surface area contributed by atoms with Gasteiger partial charge >= 0.3 is 12.1 Å². The van der Waals surface area contributed by atoms with Gasteiger partial charge in [-0.25, -0.2) is 9.59 Å². The highest BCUT2D eigenvalue weighted by atomic mass is 16.7. The second-order valence-corrected chi connectivity index (χ2v) is 10.9. The molecular weight excluding hydrogens is 524 g/mol. The Labute approximate surface area is 239 Å². The van der Waals surface area contributed by atoms with Crippen molar-refractivity contribution in [2.75, 3.05) is 6.79 Å². The van der Waals surface area contributed by atoms with Crippen molar-refractivity contribution in [3.63, 3.8) is 0 Å². The van der Waals surface area contributed by atoms with Gasteiger partial charge in [-0.1, -0.05) is 73.7 Å². The molecule has 0 saturated heterocycles. The maximum atomic E-state index is 14.3. The molecule has 3 N–H and O–H groups in total. The molecule has 0 spiro atoms. The van der Waals surface area contributed by atoms with Crippen LogP contribution >= 0.6 is 0 Å². The SMILES string of the molecule is CCC(N[C@H](C(=O)OC(=O)OC(C)(C)C)c1ccccc1)(C(=O)[C@@H](N)Cc1ccc2c(c1)OCO2)c1ccccc1. The zero-order valence-corrected chi connectivity index (χ0v) is 23.7. The molecule has 3 atom stereocenters. The quantitative estimate of drug-likeness (QED) is 0.261. The number of carbonyl (C=O) groups excluding carboxylic acids is 3. The zero-order valence-electron chi connectivity index (χ0n) is 23.7. The zero-order chi connectivity index (χ0) is 29.6. The number of esters is 1. The second-order valence-electron chi connectivity index (χ2n) is 10.9. The Morgan fingerprint density at radius 1 is 0.927 bits per heavy atom. The molecule has 4 rings (SSSR count). The molecule has 3 aromatic rings. The van der Waals surface area contributed by atoms with Crippen LogP contribution in [-0.4, -0.2) is 36.3 Å². The van der Waals surface area contributed by atoms with E-state index in [1.54, 1.807) is 57.2 Å². The van der Waals surface area contributed by atoms with Gasteiger partial charge in [-0.15, -0.1) is 0 Å². The fourth-order valence-corrected chi connectivity index (χ4v) is 4.81. The van der Waals surface area contributed by atoms with Crippen LogP contribution in [-0.2, 0) is 31.0 Å². The minimum atomic E-state index is -1.40. The molecule has 1 heterocycles. The Kier molecular flexibility index (Phi) is 9.10. The lowest BCUT2D eigenvalue weighted by atomic mass is 9.78. The van der Waals surface area contributed by atoms with Crippen LogP contribution < -0.4 is 20.5 Å². The van der Waals surface area contributed by atoms with Crippen molar-refractivity contribution < 1.29 is 33.3 Å². The van der Waals surface area contributed by atoms with E-state index in [1.165, 1.54) is 0 Å². The third kappa shape index (κ3) is 7.11. The van der Waals surface area contributed by atoms with Crippen molar-refractivity contribution in [2.24, 2.45) is 5.73 Å². The van der Waals surface area contributed by atoms with Crippen LogP contribution in [0.15, 0.2) is 78.9 Å². The van der Waals surface area contributed by atoms with E-state index in [9.17, 15) is 14.4 Å². The van der Waals surface area contributed by atoms with E-state index in [0.29, 0.717) is 22.6 Å². The van der Waals surface area contributed by atoms with Crippen LogP contribution in [0.2, 0.25) is 0 Å². The third-order valence-electron chi connectivity index (χ3n) is 6.78. The predicted molar refractivity (Wildman–Crippen MR) is 152 cm³/mol. The number of fused-ring (bicyclic) bond motifs is 1. The lowest BCUT2D eigenvalue weighted by molar-refractivity contribution is -0.145. The number of Topliss-reactive ketones (excluding diaryl/α,β-unsaturated/α-hetero) is 1. The van der Waals surface area contributed by atoms with Crippen LogP contribution in [0.25, 0.3) is 0 Å². The summed E-state index contributed by atoms with van der Waals surface area (Å²) in [6, 6.07) is 21.1. The lowest BCUT2D eigenvalue weighted by Crippen LogP contribution is -2.57. The van der Waals surface area contributed by atoms with Crippen LogP contribution in [0, 0.1) is 0 Å². The molecule has 1 unspecified atom stereocenters. The summed E-state index contributed by atoms with van der Waals surface area (Å²) in [6.07, 6.45) is -0.643. The van der Waals surface area contributed by atoms with E-state index in [-0.39, 0.29) is 25.4 Å². The number of carbonyl (C=O) groups is 3. The molecule has 1 aliphatic rings.